The van der Waals surface area contributed by atoms with E-state index in [1.54, 1.807) is 7.11 Å². The number of piperidine rings is 1. The number of hydrogen-bond acceptors (Lipinski definition) is 5. The van der Waals surface area contributed by atoms with Crippen LogP contribution in [0.3, 0.4) is 0 Å². The Morgan fingerprint density at radius 2 is 2.00 bits per heavy atom. The zero-order valence-electron chi connectivity index (χ0n) is 11.1. The molecule has 0 aliphatic carbocycles. The van der Waals surface area contributed by atoms with Crippen LogP contribution in [0.4, 0.5) is 5.95 Å². The molecule has 1 N–H and O–H groups in total. The Morgan fingerprint density at radius 3 is 2.72 bits per heavy atom. The number of rotatable bonds is 2. The van der Waals surface area contributed by atoms with E-state index >= 15 is 0 Å². The number of nitrogens with zero attached hydrogens (tertiary/aromatic N) is 3. The van der Waals surface area contributed by atoms with Gasteiger partial charge in [-0.05, 0) is 18.8 Å². The Hall–Kier alpha value is -1.36. The van der Waals surface area contributed by atoms with Crippen LogP contribution in [0.2, 0.25) is 0 Å². The minimum atomic E-state index is 0.735. The van der Waals surface area contributed by atoms with Gasteiger partial charge in [-0.2, -0.15) is 4.98 Å². The lowest BCUT2D eigenvalue weighted by molar-refractivity contribution is 0.388. The van der Waals surface area contributed by atoms with Crippen molar-refractivity contribution >= 4 is 5.95 Å². The average Bonchev–Trinajstić information content (AvgIpc) is 2.86. The molecule has 0 atom stereocenters. The van der Waals surface area contributed by atoms with E-state index in [4.69, 9.17) is 4.74 Å². The number of anilines is 1. The van der Waals surface area contributed by atoms with E-state index in [0.717, 1.165) is 55.2 Å². The van der Waals surface area contributed by atoms with Gasteiger partial charge < -0.3 is 15.0 Å². The van der Waals surface area contributed by atoms with Crippen molar-refractivity contribution in [2.45, 2.75) is 32.9 Å². The molecule has 0 radical (unpaired) electrons. The third-order valence-corrected chi connectivity index (χ3v) is 3.90. The van der Waals surface area contributed by atoms with Crippen molar-refractivity contribution in [3.63, 3.8) is 0 Å². The first-order valence-electron chi connectivity index (χ1n) is 6.67. The summed E-state index contributed by atoms with van der Waals surface area (Å²) < 4.78 is 5.39. The maximum Gasteiger partial charge on any atom is 0.228 e. The summed E-state index contributed by atoms with van der Waals surface area (Å²) in [6.45, 7) is 6.06. The largest absolute Gasteiger partial charge is 0.481 e. The van der Waals surface area contributed by atoms with Gasteiger partial charge in [0.05, 0.1) is 18.4 Å². The molecule has 3 heterocycles. The number of methoxy groups -OCH3 is 1. The van der Waals surface area contributed by atoms with Crippen LogP contribution >= 0.6 is 0 Å². The molecule has 5 heteroatoms. The fourth-order valence-corrected chi connectivity index (χ4v) is 2.64. The summed E-state index contributed by atoms with van der Waals surface area (Å²) in [4.78, 5) is 11.5. The van der Waals surface area contributed by atoms with Crippen molar-refractivity contribution in [3.05, 3.63) is 11.3 Å². The summed E-state index contributed by atoms with van der Waals surface area (Å²) in [5.41, 5.74) is 2.21. The van der Waals surface area contributed by atoms with Gasteiger partial charge in [-0.1, -0.05) is 6.92 Å². The lowest BCUT2D eigenvalue weighted by Crippen LogP contribution is -2.34. The molecular formula is C13H20N4O. The molecule has 1 aromatic heterocycles. The quantitative estimate of drug-likeness (QED) is 0.855. The van der Waals surface area contributed by atoms with Gasteiger partial charge in [0, 0.05) is 26.2 Å². The molecule has 0 unspecified atom stereocenters. The average molecular weight is 248 g/mol. The van der Waals surface area contributed by atoms with Crippen LogP contribution in [0.15, 0.2) is 0 Å². The van der Waals surface area contributed by atoms with Crippen molar-refractivity contribution in [2.24, 2.45) is 5.92 Å². The maximum atomic E-state index is 5.39. The van der Waals surface area contributed by atoms with E-state index in [1.165, 1.54) is 12.8 Å². The van der Waals surface area contributed by atoms with Crippen LogP contribution in [0.25, 0.3) is 0 Å². The van der Waals surface area contributed by atoms with E-state index in [2.05, 4.69) is 27.1 Å². The fraction of sp³-hybridized carbons (Fsp3) is 0.692. The van der Waals surface area contributed by atoms with Crippen LogP contribution in [-0.2, 0) is 13.1 Å². The van der Waals surface area contributed by atoms with E-state index in [0.29, 0.717) is 0 Å². The lowest BCUT2D eigenvalue weighted by Gasteiger charge is -2.30. The van der Waals surface area contributed by atoms with Gasteiger partial charge in [0.15, 0.2) is 0 Å². The van der Waals surface area contributed by atoms with Gasteiger partial charge in [0.2, 0.25) is 11.8 Å². The minimum absolute atomic E-state index is 0.735. The van der Waals surface area contributed by atoms with E-state index in [1.807, 2.05) is 0 Å². The number of nitrogens with one attached hydrogen (secondary N) is 1. The topological polar surface area (TPSA) is 50.3 Å². The molecule has 2 aliphatic rings. The first-order chi connectivity index (χ1) is 8.78. The minimum Gasteiger partial charge on any atom is -0.481 e. The second-order valence-electron chi connectivity index (χ2n) is 5.23. The van der Waals surface area contributed by atoms with Gasteiger partial charge >= 0.3 is 0 Å². The van der Waals surface area contributed by atoms with Crippen LogP contribution in [-0.4, -0.2) is 30.2 Å². The zero-order valence-corrected chi connectivity index (χ0v) is 11.1. The molecule has 1 saturated heterocycles. The predicted octanol–water partition coefficient (Wildman–Crippen LogP) is 1.32. The molecule has 5 nitrogen and oxygen atoms in total. The molecular weight excluding hydrogens is 228 g/mol. The standard InChI is InChI=1S/C13H20N4O/c1-9-3-5-17(6-4-9)13-15-11-8-14-7-10(11)12(16-13)18-2/h9,14H,3-8H2,1-2H3. The first-order valence-corrected chi connectivity index (χ1v) is 6.67. The Balaban J connectivity index is 1.88. The predicted molar refractivity (Wildman–Crippen MR) is 69.7 cm³/mol. The van der Waals surface area contributed by atoms with Crippen molar-refractivity contribution in [3.8, 4) is 5.88 Å². The Labute approximate surface area is 108 Å². The molecule has 0 saturated carbocycles. The first kappa shape index (κ1) is 11.7. The van der Waals surface area contributed by atoms with Gasteiger partial charge in [-0.3, -0.25) is 0 Å². The van der Waals surface area contributed by atoms with Gasteiger partial charge in [0.1, 0.15) is 0 Å². The molecule has 1 aromatic rings. The molecule has 0 bridgehead atoms. The van der Waals surface area contributed by atoms with Crippen molar-refractivity contribution < 1.29 is 4.74 Å². The second kappa shape index (κ2) is 4.72. The van der Waals surface area contributed by atoms with Gasteiger partial charge in [-0.15, -0.1) is 0 Å². The van der Waals surface area contributed by atoms with Crippen LogP contribution < -0.4 is 15.0 Å². The van der Waals surface area contributed by atoms with E-state index < -0.39 is 0 Å². The Morgan fingerprint density at radius 1 is 1.22 bits per heavy atom. The third-order valence-electron chi connectivity index (χ3n) is 3.90. The van der Waals surface area contributed by atoms with E-state index in [-0.39, 0.29) is 0 Å². The summed E-state index contributed by atoms with van der Waals surface area (Å²) in [6, 6.07) is 0. The highest BCUT2D eigenvalue weighted by Gasteiger charge is 2.23. The third kappa shape index (κ3) is 2.03. The molecule has 2 aliphatic heterocycles. The number of ether oxygens (including phenoxy) is 1. The Bertz CT molecular complexity index is 441. The van der Waals surface area contributed by atoms with E-state index in [9.17, 15) is 0 Å². The molecule has 98 valence electrons. The second-order valence-corrected chi connectivity index (χ2v) is 5.23. The summed E-state index contributed by atoms with van der Waals surface area (Å²) >= 11 is 0. The molecule has 1 fully saturated rings. The normalized spacial score (nSPS) is 20.0. The number of aromatic nitrogens is 2. The fourth-order valence-electron chi connectivity index (χ4n) is 2.64. The summed E-state index contributed by atoms with van der Waals surface area (Å²) in [5.74, 6) is 2.39. The molecule has 0 spiro atoms. The summed E-state index contributed by atoms with van der Waals surface area (Å²) in [5, 5.41) is 3.30. The zero-order chi connectivity index (χ0) is 12.5. The summed E-state index contributed by atoms with van der Waals surface area (Å²) in [7, 11) is 1.68. The SMILES string of the molecule is COc1nc(N2CCC(C)CC2)nc2c1CNC2. The van der Waals surface area contributed by atoms with Crippen LogP contribution in [0.5, 0.6) is 5.88 Å². The van der Waals surface area contributed by atoms with Crippen LogP contribution in [0, 0.1) is 5.92 Å². The van der Waals surface area contributed by atoms with Gasteiger partial charge in [-0.25, -0.2) is 4.98 Å². The highest BCUT2D eigenvalue weighted by Crippen LogP contribution is 2.27. The summed E-state index contributed by atoms with van der Waals surface area (Å²) in [6.07, 6.45) is 2.45. The molecule has 0 amide bonds. The number of fused-ring (bicyclic) bond motifs is 1. The molecule has 0 aromatic carbocycles. The van der Waals surface area contributed by atoms with Crippen molar-refractivity contribution in [2.75, 3.05) is 25.1 Å². The van der Waals surface area contributed by atoms with Gasteiger partial charge in [0.25, 0.3) is 0 Å². The lowest BCUT2D eigenvalue weighted by atomic mass is 10.00. The highest BCUT2D eigenvalue weighted by atomic mass is 16.5. The smallest absolute Gasteiger partial charge is 0.228 e. The van der Waals surface area contributed by atoms with Crippen molar-refractivity contribution in [1.82, 2.24) is 15.3 Å². The molecule has 18 heavy (non-hydrogen) atoms. The maximum absolute atomic E-state index is 5.39. The monoisotopic (exact) mass is 248 g/mol. The molecule has 3 rings (SSSR count). The highest BCUT2D eigenvalue weighted by molar-refractivity contribution is 5.42. The van der Waals surface area contributed by atoms with Crippen LogP contribution in [0.1, 0.15) is 31.0 Å². The van der Waals surface area contributed by atoms with Crippen molar-refractivity contribution in [1.29, 1.82) is 0 Å². The number of hydrogen-bond donors (Lipinski definition) is 1. The Kier molecular flexibility index (Phi) is 3.07.